The molecule has 0 radical (unpaired) electrons. The molecule has 0 aromatic rings. The van der Waals surface area contributed by atoms with E-state index in [0.29, 0.717) is 0 Å². The molecule has 0 amide bonds. The fourth-order valence-electron chi connectivity index (χ4n) is 5.25. The van der Waals surface area contributed by atoms with E-state index >= 15 is 0 Å². The molecule has 4 rings (SSSR count). The van der Waals surface area contributed by atoms with E-state index in [9.17, 15) is 9.59 Å². The van der Waals surface area contributed by atoms with Crippen LogP contribution in [0.1, 0.15) is 47.5 Å². The maximum atomic E-state index is 13.5. The molecule has 0 spiro atoms. The Morgan fingerprint density at radius 1 is 1.26 bits per heavy atom. The van der Waals surface area contributed by atoms with Crippen molar-refractivity contribution in [2.45, 2.75) is 71.2 Å². The number of rotatable bonds is 3. The Kier molecular flexibility index (Phi) is 3.19. The predicted octanol–water partition coefficient (Wildman–Crippen LogP) is 3.56. The first kappa shape index (κ1) is 17.2. The van der Waals surface area contributed by atoms with Crippen LogP contribution in [-0.2, 0) is 18.8 Å². The first-order valence-electron chi connectivity index (χ1n) is 8.62. The van der Waals surface area contributed by atoms with Gasteiger partial charge in [0.15, 0.2) is 14.1 Å². The first-order chi connectivity index (χ1) is 10.3. The van der Waals surface area contributed by atoms with Crippen LogP contribution in [0.2, 0.25) is 18.1 Å². The van der Waals surface area contributed by atoms with Gasteiger partial charge in [0.25, 0.3) is 0 Å². The number of hydrogen-bond donors (Lipinski definition) is 0. The average Bonchev–Trinajstić information content (AvgIpc) is 2.74. The van der Waals surface area contributed by atoms with E-state index in [4.69, 9.17) is 9.16 Å². The molecular formula is C18H30O4Si. The molecule has 5 atom stereocenters. The van der Waals surface area contributed by atoms with Crippen molar-refractivity contribution in [1.29, 1.82) is 0 Å². The monoisotopic (exact) mass is 338 g/mol. The highest BCUT2D eigenvalue weighted by Crippen LogP contribution is 2.84. The van der Waals surface area contributed by atoms with E-state index in [1.807, 2.05) is 6.92 Å². The Bertz CT molecular complexity index is 592. The Morgan fingerprint density at radius 3 is 2.22 bits per heavy atom. The highest BCUT2D eigenvalue weighted by molar-refractivity contribution is 6.74. The Hall–Kier alpha value is -0.683. The van der Waals surface area contributed by atoms with Crippen LogP contribution in [0.15, 0.2) is 0 Å². The van der Waals surface area contributed by atoms with Crippen LogP contribution in [0.25, 0.3) is 0 Å². The van der Waals surface area contributed by atoms with Gasteiger partial charge in [-0.05, 0) is 55.1 Å². The van der Waals surface area contributed by atoms with Crippen molar-refractivity contribution < 1.29 is 18.8 Å². The zero-order valence-corrected chi connectivity index (χ0v) is 16.7. The Balaban J connectivity index is 2.00. The Morgan fingerprint density at radius 2 is 1.83 bits per heavy atom. The fourth-order valence-corrected chi connectivity index (χ4v) is 6.88. The summed E-state index contributed by atoms with van der Waals surface area (Å²) < 4.78 is 11.7. The summed E-state index contributed by atoms with van der Waals surface area (Å²) in [5.74, 6) is 0.0107. The second-order valence-electron chi connectivity index (χ2n) is 9.70. The number of Topliss-reactive ketones (excluding diaryl/α,β-unsaturated/α-hetero) is 1. The number of carbonyl (C=O) groups excluding carboxylic acids is 2. The molecule has 4 fully saturated rings. The van der Waals surface area contributed by atoms with Crippen molar-refractivity contribution in [3.8, 4) is 0 Å². The smallest absolute Gasteiger partial charge is 0.320 e. The van der Waals surface area contributed by atoms with Crippen LogP contribution < -0.4 is 0 Å². The molecule has 130 valence electrons. The SMILES string of the molecule is COC(=O)[C@]12C(=O)[C@@](C)(O[Si](C)(C)C(C)(C)C)[C@@H]3C[C@H]1[C@@]2(C)C3. The highest BCUT2D eigenvalue weighted by Gasteiger charge is 2.91. The summed E-state index contributed by atoms with van der Waals surface area (Å²) in [5.41, 5.74) is -2.00. The second kappa shape index (κ2) is 4.28. The van der Waals surface area contributed by atoms with Gasteiger partial charge >= 0.3 is 5.97 Å². The Labute approximate surface area is 140 Å². The third-order valence-electron chi connectivity index (χ3n) is 7.67. The lowest BCUT2D eigenvalue weighted by Crippen LogP contribution is -2.63. The van der Waals surface area contributed by atoms with E-state index in [-0.39, 0.29) is 34.0 Å². The standard InChI is InChI=1S/C18H30O4Si/c1-15(2,3)23(7,8)22-17(5)11-9-12-16(4,10-11)18(12,13(17)19)14(20)21-6/h11-12H,9-10H2,1-8H3/t11-,12+,16-,17+,18-/m1/s1. The molecule has 0 N–H and O–H groups in total. The van der Waals surface area contributed by atoms with Gasteiger partial charge in [0, 0.05) is 0 Å². The summed E-state index contributed by atoms with van der Waals surface area (Å²) in [5, 5.41) is 0.0299. The lowest BCUT2D eigenvalue weighted by molar-refractivity contribution is -0.170. The average molecular weight is 339 g/mol. The lowest BCUT2D eigenvalue weighted by Gasteiger charge is -2.51. The van der Waals surface area contributed by atoms with E-state index < -0.39 is 19.3 Å². The topological polar surface area (TPSA) is 52.6 Å². The maximum absolute atomic E-state index is 13.5. The van der Waals surface area contributed by atoms with Gasteiger partial charge in [0.1, 0.15) is 11.0 Å². The highest BCUT2D eigenvalue weighted by atomic mass is 28.4. The molecule has 0 heterocycles. The van der Waals surface area contributed by atoms with Crippen molar-refractivity contribution in [1.82, 2.24) is 0 Å². The van der Waals surface area contributed by atoms with Gasteiger partial charge in [0.05, 0.1) is 7.11 Å². The van der Waals surface area contributed by atoms with E-state index in [1.54, 1.807) is 0 Å². The number of esters is 1. The second-order valence-corrected chi connectivity index (χ2v) is 14.4. The summed E-state index contributed by atoms with van der Waals surface area (Å²) in [4.78, 5) is 26.0. The summed E-state index contributed by atoms with van der Waals surface area (Å²) in [6, 6.07) is 0. The van der Waals surface area contributed by atoms with E-state index in [0.717, 1.165) is 12.8 Å². The van der Waals surface area contributed by atoms with Crippen molar-refractivity contribution in [3.63, 3.8) is 0 Å². The number of ether oxygens (including phenoxy) is 1. The van der Waals surface area contributed by atoms with E-state index in [1.165, 1.54) is 7.11 Å². The number of hydrogen-bond acceptors (Lipinski definition) is 4. The molecular weight excluding hydrogens is 308 g/mol. The molecule has 23 heavy (non-hydrogen) atoms. The molecule has 0 aliphatic heterocycles. The summed E-state index contributed by atoms with van der Waals surface area (Å²) >= 11 is 0. The fraction of sp³-hybridized carbons (Fsp3) is 0.889. The molecule has 4 aliphatic carbocycles. The number of ketones is 1. The van der Waals surface area contributed by atoms with Crippen LogP contribution in [-0.4, -0.2) is 32.8 Å². The van der Waals surface area contributed by atoms with Crippen LogP contribution in [0.3, 0.4) is 0 Å². The largest absolute Gasteiger partial charge is 0.468 e. The molecule has 4 nitrogen and oxygen atoms in total. The summed E-state index contributed by atoms with van der Waals surface area (Å²) in [6.45, 7) is 14.9. The van der Waals surface area contributed by atoms with Gasteiger partial charge < -0.3 is 9.16 Å². The lowest BCUT2D eigenvalue weighted by atomic mass is 9.63. The molecule has 4 bridgehead atoms. The van der Waals surface area contributed by atoms with Gasteiger partial charge in [-0.25, -0.2) is 0 Å². The van der Waals surface area contributed by atoms with Crippen molar-refractivity contribution in [3.05, 3.63) is 0 Å². The molecule has 4 aliphatic rings. The van der Waals surface area contributed by atoms with Crippen molar-refractivity contribution >= 4 is 20.1 Å². The normalized spacial score (nSPS) is 45.1. The summed E-state index contributed by atoms with van der Waals surface area (Å²) in [6.07, 6.45) is 1.80. The third-order valence-corrected chi connectivity index (χ3v) is 12.2. The van der Waals surface area contributed by atoms with Crippen LogP contribution in [0, 0.1) is 22.7 Å². The minimum Gasteiger partial charge on any atom is -0.468 e. The number of fused-ring (bicyclic) bond motifs is 1. The number of carbonyl (C=O) groups is 2. The zero-order chi connectivity index (χ0) is 17.6. The van der Waals surface area contributed by atoms with Crippen LogP contribution in [0.5, 0.6) is 0 Å². The van der Waals surface area contributed by atoms with Gasteiger partial charge in [-0.15, -0.1) is 0 Å². The molecule has 0 aromatic carbocycles. The molecule has 0 saturated heterocycles. The molecule has 5 heteroatoms. The quantitative estimate of drug-likeness (QED) is 0.448. The third kappa shape index (κ3) is 1.70. The van der Waals surface area contributed by atoms with Crippen molar-refractivity contribution in [2.75, 3.05) is 7.11 Å². The number of methoxy groups -OCH3 is 1. The van der Waals surface area contributed by atoms with Gasteiger partial charge in [-0.1, -0.05) is 27.7 Å². The van der Waals surface area contributed by atoms with Crippen molar-refractivity contribution in [2.24, 2.45) is 22.7 Å². The molecule has 4 saturated carbocycles. The van der Waals surface area contributed by atoms with Gasteiger partial charge in [-0.3, -0.25) is 9.59 Å². The predicted molar refractivity (Wildman–Crippen MR) is 90.5 cm³/mol. The first-order valence-corrected chi connectivity index (χ1v) is 11.5. The minimum atomic E-state index is -2.11. The summed E-state index contributed by atoms with van der Waals surface area (Å²) in [7, 11) is -0.721. The zero-order valence-electron chi connectivity index (χ0n) is 15.7. The van der Waals surface area contributed by atoms with Gasteiger partial charge in [-0.2, -0.15) is 0 Å². The minimum absolute atomic E-state index is 0.0170. The molecule has 0 aromatic heterocycles. The van der Waals surface area contributed by atoms with E-state index in [2.05, 4.69) is 40.8 Å². The molecule has 0 unspecified atom stereocenters. The van der Waals surface area contributed by atoms with Crippen LogP contribution in [0.4, 0.5) is 0 Å². The van der Waals surface area contributed by atoms with Crippen LogP contribution >= 0.6 is 0 Å². The van der Waals surface area contributed by atoms with Gasteiger partial charge in [0.2, 0.25) is 0 Å². The maximum Gasteiger partial charge on any atom is 0.320 e.